The summed E-state index contributed by atoms with van der Waals surface area (Å²) in [6, 6.07) is 4.48. The van der Waals surface area contributed by atoms with Gasteiger partial charge in [0.25, 0.3) is 0 Å². The zero-order chi connectivity index (χ0) is 18.8. The SMILES string of the molecule is CC(C)(C)OC(=O)c1ccc(C2CC(CC(=O)O)ON2)c(C(=N)N)c1. The molecule has 8 nitrogen and oxygen atoms in total. The maximum atomic E-state index is 12.2. The Morgan fingerprint density at radius 1 is 1.44 bits per heavy atom. The van der Waals surface area contributed by atoms with Crippen LogP contribution < -0.4 is 11.2 Å². The van der Waals surface area contributed by atoms with E-state index >= 15 is 0 Å². The predicted octanol–water partition coefficient (Wildman–Crippen LogP) is 1.74. The number of carbonyl (C=O) groups excluding carboxylic acids is 1. The van der Waals surface area contributed by atoms with Gasteiger partial charge in [0.1, 0.15) is 11.4 Å². The molecule has 0 radical (unpaired) electrons. The highest BCUT2D eigenvalue weighted by Gasteiger charge is 2.30. The van der Waals surface area contributed by atoms with Gasteiger partial charge in [-0.25, -0.2) is 4.79 Å². The van der Waals surface area contributed by atoms with Crippen LogP contribution in [0.4, 0.5) is 0 Å². The van der Waals surface area contributed by atoms with Gasteiger partial charge in [-0.15, -0.1) is 0 Å². The molecule has 1 fully saturated rings. The summed E-state index contributed by atoms with van der Waals surface area (Å²) < 4.78 is 5.33. The molecule has 2 atom stereocenters. The van der Waals surface area contributed by atoms with Crippen molar-refractivity contribution < 1.29 is 24.3 Å². The number of carboxylic acid groups (broad SMARTS) is 1. The van der Waals surface area contributed by atoms with Crippen LogP contribution in [0.1, 0.15) is 61.1 Å². The summed E-state index contributed by atoms with van der Waals surface area (Å²) in [6.45, 7) is 5.31. The van der Waals surface area contributed by atoms with Crippen LogP contribution in [0.15, 0.2) is 18.2 Å². The van der Waals surface area contributed by atoms with Crippen LogP contribution in [0.25, 0.3) is 0 Å². The Bertz CT molecular complexity index is 696. The monoisotopic (exact) mass is 349 g/mol. The quantitative estimate of drug-likeness (QED) is 0.361. The molecule has 2 unspecified atom stereocenters. The molecule has 1 aromatic rings. The highest BCUT2D eigenvalue weighted by Crippen LogP contribution is 2.30. The molecule has 8 heteroatoms. The highest BCUT2D eigenvalue weighted by atomic mass is 16.7. The number of esters is 1. The normalized spacial score (nSPS) is 20.3. The van der Waals surface area contributed by atoms with Crippen LogP contribution in [0.3, 0.4) is 0 Å². The molecule has 1 aromatic carbocycles. The summed E-state index contributed by atoms with van der Waals surface area (Å²) in [6.07, 6.45) is -0.152. The first kappa shape index (κ1) is 18.9. The maximum Gasteiger partial charge on any atom is 0.338 e. The van der Waals surface area contributed by atoms with Gasteiger partial charge < -0.3 is 15.6 Å². The number of hydroxylamine groups is 1. The Labute approximate surface area is 145 Å². The number of nitrogens with one attached hydrogen (secondary N) is 2. The van der Waals surface area contributed by atoms with Crippen molar-refractivity contribution in [3.8, 4) is 0 Å². The van der Waals surface area contributed by atoms with Crippen molar-refractivity contribution in [2.24, 2.45) is 5.73 Å². The number of aliphatic carboxylic acids is 1. The first-order valence-corrected chi connectivity index (χ1v) is 7.91. The van der Waals surface area contributed by atoms with E-state index in [9.17, 15) is 9.59 Å². The first-order chi connectivity index (χ1) is 11.6. The molecule has 1 saturated heterocycles. The second kappa shape index (κ2) is 7.20. The molecule has 2 rings (SSSR count). The zero-order valence-electron chi connectivity index (χ0n) is 14.5. The van der Waals surface area contributed by atoms with Crippen LogP contribution >= 0.6 is 0 Å². The Balaban J connectivity index is 2.24. The van der Waals surface area contributed by atoms with Gasteiger partial charge in [0, 0.05) is 5.56 Å². The Morgan fingerprint density at radius 3 is 2.68 bits per heavy atom. The molecule has 0 saturated carbocycles. The Kier molecular flexibility index (Phi) is 5.44. The number of carboxylic acids is 1. The summed E-state index contributed by atoms with van der Waals surface area (Å²) in [4.78, 5) is 28.3. The molecule has 1 aliphatic heterocycles. The smallest absolute Gasteiger partial charge is 0.338 e. The van der Waals surface area contributed by atoms with E-state index in [1.54, 1.807) is 32.9 Å². The summed E-state index contributed by atoms with van der Waals surface area (Å²) >= 11 is 0. The molecule has 5 N–H and O–H groups in total. The molecule has 0 amide bonds. The largest absolute Gasteiger partial charge is 0.481 e. The lowest BCUT2D eigenvalue weighted by atomic mass is 9.94. The summed E-state index contributed by atoms with van der Waals surface area (Å²) in [5.41, 5.74) is 9.17. The van der Waals surface area contributed by atoms with Gasteiger partial charge in [-0.1, -0.05) is 6.07 Å². The fourth-order valence-corrected chi connectivity index (χ4v) is 2.61. The van der Waals surface area contributed by atoms with E-state index in [0.717, 1.165) is 0 Å². The minimum absolute atomic E-state index is 0.116. The Hall–Kier alpha value is -2.45. The second-order valence-electron chi connectivity index (χ2n) is 6.96. The van der Waals surface area contributed by atoms with Crippen molar-refractivity contribution >= 4 is 17.8 Å². The van der Waals surface area contributed by atoms with Crippen molar-refractivity contribution in [2.45, 2.75) is 51.4 Å². The van der Waals surface area contributed by atoms with E-state index in [2.05, 4.69) is 5.48 Å². The predicted molar refractivity (Wildman–Crippen MR) is 90.2 cm³/mol. The molecule has 0 aliphatic carbocycles. The molecular formula is C17H23N3O5. The number of carbonyl (C=O) groups is 2. The van der Waals surface area contributed by atoms with Crippen molar-refractivity contribution in [1.29, 1.82) is 5.41 Å². The molecule has 0 spiro atoms. The van der Waals surface area contributed by atoms with E-state index < -0.39 is 23.6 Å². The van der Waals surface area contributed by atoms with Crippen molar-refractivity contribution in [3.63, 3.8) is 0 Å². The van der Waals surface area contributed by atoms with Gasteiger partial charge in [-0.3, -0.25) is 15.0 Å². The zero-order valence-corrected chi connectivity index (χ0v) is 14.5. The van der Waals surface area contributed by atoms with Gasteiger partial charge in [0.2, 0.25) is 0 Å². The van der Waals surface area contributed by atoms with Crippen molar-refractivity contribution in [2.75, 3.05) is 0 Å². The standard InChI is InChI=1S/C17H23N3O5/c1-17(2,3)24-16(23)9-4-5-11(12(6-9)15(18)19)13-7-10(25-20-13)8-14(21)22/h4-6,10,13,20H,7-8H2,1-3H3,(H3,18,19)(H,21,22). The highest BCUT2D eigenvalue weighted by molar-refractivity contribution is 5.99. The second-order valence-corrected chi connectivity index (χ2v) is 6.96. The molecular weight excluding hydrogens is 326 g/mol. The van der Waals surface area contributed by atoms with Crippen molar-refractivity contribution in [1.82, 2.24) is 5.48 Å². The van der Waals surface area contributed by atoms with Gasteiger partial charge in [0.15, 0.2) is 0 Å². The fourth-order valence-electron chi connectivity index (χ4n) is 2.61. The van der Waals surface area contributed by atoms with E-state index in [1.165, 1.54) is 6.07 Å². The van der Waals surface area contributed by atoms with E-state index in [1.807, 2.05) is 0 Å². The average molecular weight is 349 g/mol. The van der Waals surface area contributed by atoms with Gasteiger partial charge in [-0.2, -0.15) is 5.48 Å². The topological polar surface area (TPSA) is 135 Å². The van der Waals surface area contributed by atoms with Gasteiger partial charge >= 0.3 is 11.9 Å². The van der Waals surface area contributed by atoms with Crippen LogP contribution in [0, 0.1) is 5.41 Å². The number of amidine groups is 1. The first-order valence-electron chi connectivity index (χ1n) is 7.91. The summed E-state index contributed by atoms with van der Waals surface area (Å²) in [7, 11) is 0. The summed E-state index contributed by atoms with van der Waals surface area (Å²) in [5.74, 6) is -1.63. The van der Waals surface area contributed by atoms with Gasteiger partial charge in [-0.05, 0) is 44.9 Å². The number of benzene rings is 1. The molecule has 25 heavy (non-hydrogen) atoms. The lowest BCUT2D eigenvalue weighted by molar-refractivity contribution is -0.140. The fraction of sp³-hybridized carbons (Fsp3) is 0.471. The minimum atomic E-state index is -0.945. The maximum absolute atomic E-state index is 12.2. The van der Waals surface area contributed by atoms with Crippen LogP contribution in [0.5, 0.6) is 0 Å². The van der Waals surface area contributed by atoms with E-state index in [-0.39, 0.29) is 18.3 Å². The third kappa shape index (κ3) is 5.01. The minimum Gasteiger partial charge on any atom is -0.481 e. The van der Waals surface area contributed by atoms with E-state index in [4.69, 9.17) is 25.8 Å². The lowest BCUT2D eigenvalue weighted by Crippen LogP contribution is -2.25. The number of hydrogen-bond donors (Lipinski definition) is 4. The molecule has 0 aromatic heterocycles. The molecule has 1 heterocycles. The number of hydrogen-bond acceptors (Lipinski definition) is 6. The molecule has 1 aliphatic rings. The third-order valence-corrected chi connectivity index (χ3v) is 3.63. The van der Waals surface area contributed by atoms with E-state index in [0.29, 0.717) is 23.1 Å². The van der Waals surface area contributed by atoms with Crippen LogP contribution in [0.2, 0.25) is 0 Å². The average Bonchev–Trinajstić information content (AvgIpc) is 2.92. The number of ether oxygens (including phenoxy) is 1. The molecule has 136 valence electrons. The van der Waals surface area contributed by atoms with Crippen LogP contribution in [-0.4, -0.2) is 34.6 Å². The Morgan fingerprint density at radius 2 is 2.12 bits per heavy atom. The molecule has 0 bridgehead atoms. The number of rotatable bonds is 5. The van der Waals surface area contributed by atoms with Gasteiger partial charge in [0.05, 0.1) is 24.1 Å². The van der Waals surface area contributed by atoms with Crippen molar-refractivity contribution in [3.05, 3.63) is 34.9 Å². The third-order valence-electron chi connectivity index (χ3n) is 3.63. The number of nitrogen functional groups attached to an aromatic ring is 1. The lowest BCUT2D eigenvalue weighted by Gasteiger charge is -2.20. The summed E-state index contributed by atoms with van der Waals surface area (Å²) in [5, 5.41) is 16.6. The number of nitrogens with two attached hydrogens (primary N) is 1. The van der Waals surface area contributed by atoms with Crippen LogP contribution in [-0.2, 0) is 14.4 Å².